The molecule has 0 saturated carbocycles. The zero-order valence-electron chi connectivity index (χ0n) is 20.4. The lowest BCUT2D eigenvalue weighted by Gasteiger charge is -2.41. The molecule has 1 aliphatic heterocycles. The number of amides is 2. The predicted octanol–water partition coefficient (Wildman–Crippen LogP) is 3.99. The van der Waals surface area contributed by atoms with Crippen molar-refractivity contribution in [3.63, 3.8) is 0 Å². The molecule has 0 radical (unpaired) electrons. The van der Waals surface area contributed by atoms with E-state index in [-0.39, 0.29) is 17.6 Å². The standard InChI is InChI=1S/C27H36FN3O3/c1-4-15-30(16-5-2)17-14-29-26(32)24-22-8-6-7-9-23(22)27(33)31(18-19-34-3)25(24)20-10-12-21(28)13-11-20/h6-13,24-25H,4-5,14-19H2,1-3H3,(H,29,32)/t24-,25-/m1/s1. The number of rotatable bonds is 12. The summed E-state index contributed by atoms with van der Waals surface area (Å²) in [4.78, 5) is 31.1. The van der Waals surface area contributed by atoms with Gasteiger partial charge in [0.15, 0.2) is 0 Å². The average molecular weight is 470 g/mol. The second kappa shape index (κ2) is 12.6. The molecule has 0 unspecified atom stereocenters. The van der Waals surface area contributed by atoms with E-state index in [0.29, 0.717) is 30.8 Å². The number of nitrogens with one attached hydrogen (secondary N) is 1. The van der Waals surface area contributed by atoms with Crippen molar-refractivity contribution in [2.24, 2.45) is 0 Å². The summed E-state index contributed by atoms with van der Waals surface area (Å²) >= 11 is 0. The molecule has 6 nitrogen and oxygen atoms in total. The molecule has 2 atom stereocenters. The first kappa shape index (κ1) is 25.8. The van der Waals surface area contributed by atoms with Gasteiger partial charge in [-0.05, 0) is 55.3 Å². The maximum absolute atomic E-state index is 13.7. The molecule has 0 aliphatic carbocycles. The normalized spacial score (nSPS) is 17.7. The van der Waals surface area contributed by atoms with Crippen molar-refractivity contribution in [1.82, 2.24) is 15.1 Å². The van der Waals surface area contributed by atoms with Crippen molar-refractivity contribution in [3.05, 3.63) is 71.0 Å². The number of ether oxygens (including phenoxy) is 1. The Morgan fingerprint density at radius 1 is 1.06 bits per heavy atom. The number of hydrogen-bond acceptors (Lipinski definition) is 4. The van der Waals surface area contributed by atoms with Crippen molar-refractivity contribution in [2.45, 2.75) is 38.6 Å². The van der Waals surface area contributed by atoms with Gasteiger partial charge in [0.05, 0.1) is 18.6 Å². The Bertz CT molecular complexity index is 944. The fourth-order valence-corrected chi connectivity index (χ4v) is 4.76. The van der Waals surface area contributed by atoms with Crippen LogP contribution in [0.15, 0.2) is 48.5 Å². The van der Waals surface area contributed by atoms with E-state index < -0.39 is 12.0 Å². The highest BCUT2D eigenvalue weighted by Crippen LogP contribution is 2.42. The first-order chi connectivity index (χ1) is 16.5. The Balaban J connectivity index is 1.94. The summed E-state index contributed by atoms with van der Waals surface area (Å²) in [6, 6.07) is 12.8. The summed E-state index contributed by atoms with van der Waals surface area (Å²) in [7, 11) is 1.58. The number of benzene rings is 2. The van der Waals surface area contributed by atoms with E-state index in [1.807, 2.05) is 18.2 Å². The summed E-state index contributed by atoms with van der Waals surface area (Å²) in [6.07, 6.45) is 2.13. The molecule has 0 aromatic heterocycles. The number of carbonyl (C=O) groups is 2. The lowest BCUT2D eigenvalue weighted by molar-refractivity contribution is -0.124. The largest absolute Gasteiger partial charge is 0.383 e. The van der Waals surface area contributed by atoms with E-state index in [2.05, 4.69) is 24.1 Å². The molecule has 0 saturated heterocycles. The SMILES string of the molecule is CCCN(CCC)CCNC(=O)[C@@H]1c2ccccc2C(=O)N(CCOC)[C@@H]1c1ccc(F)cc1. The Labute approximate surface area is 202 Å². The smallest absolute Gasteiger partial charge is 0.254 e. The van der Waals surface area contributed by atoms with Gasteiger partial charge in [-0.2, -0.15) is 0 Å². The highest BCUT2D eigenvalue weighted by Gasteiger charge is 2.43. The maximum atomic E-state index is 13.7. The molecule has 0 fully saturated rings. The molecule has 0 bridgehead atoms. The molecule has 2 aromatic rings. The lowest BCUT2D eigenvalue weighted by atomic mass is 9.79. The molecule has 1 aliphatic rings. The Morgan fingerprint density at radius 2 is 1.74 bits per heavy atom. The number of methoxy groups -OCH3 is 1. The van der Waals surface area contributed by atoms with Gasteiger partial charge in [0.2, 0.25) is 5.91 Å². The summed E-state index contributed by atoms with van der Waals surface area (Å²) in [5.41, 5.74) is 1.95. The number of hydrogen-bond donors (Lipinski definition) is 1. The second-order valence-electron chi connectivity index (χ2n) is 8.69. The van der Waals surface area contributed by atoms with Crippen LogP contribution >= 0.6 is 0 Å². The minimum Gasteiger partial charge on any atom is -0.383 e. The lowest BCUT2D eigenvalue weighted by Crippen LogP contribution is -2.49. The van der Waals surface area contributed by atoms with Crippen LogP contribution in [0.3, 0.4) is 0 Å². The molecule has 2 aromatic carbocycles. The van der Waals surface area contributed by atoms with E-state index in [0.717, 1.165) is 38.0 Å². The molecule has 184 valence electrons. The molecule has 1 N–H and O–H groups in total. The Kier molecular flexibility index (Phi) is 9.60. The molecule has 3 rings (SSSR count). The zero-order chi connectivity index (χ0) is 24.5. The van der Waals surface area contributed by atoms with Crippen LogP contribution in [0.1, 0.15) is 60.1 Å². The molecular weight excluding hydrogens is 433 g/mol. The summed E-state index contributed by atoms with van der Waals surface area (Å²) in [5, 5.41) is 3.12. The number of carbonyl (C=O) groups excluding carboxylic acids is 2. The van der Waals surface area contributed by atoms with Crippen molar-refractivity contribution in [3.8, 4) is 0 Å². The van der Waals surface area contributed by atoms with Crippen molar-refractivity contribution in [2.75, 3.05) is 46.4 Å². The van der Waals surface area contributed by atoms with E-state index in [9.17, 15) is 14.0 Å². The van der Waals surface area contributed by atoms with E-state index >= 15 is 0 Å². The third-order valence-corrected chi connectivity index (χ3v) is 6.28. The van der Waals surface area contributed by atoms with Crippen molar-refractivity contribution in [1.29, 1.82) is 0 Å². The molecular formula is C27H36FN3O3. The van der Waals surface area contributed by atoms with Gasteiger partial charge in [-0.25, -0.2) is 4.39 Å². The molecule has 2 amide bonds. The minimum atomic E-state index is -0.609. The van der Waals surface area contributed by atoms with Crippen LogP contribution in [0.25, 0.3) is 0 Å². The van der Waals surface area contributed by atoms with Crippen LogP contribution in [-0.2, 0) is 9.53 Å². The fourth-order valence-electron chi connectivity index (χ4n) is 4.76. The third-order valence-electron chi connectivity index (χ3n) is 6.28. The summed E-state index contributed by atoms with van der Waals surface area (Å²) in [5.74, 6) is -1.25. The third kappa shape index (κ3) is 6.02. The fraction of sp³-hybridized carbons (Fsp3) is 0.481. The molecule has 1 heterocycles. The van der Waals surface area contributed by atoms with Crippen LogP contribution in [0.2, 0.25) is 0 Å². The summed E-state index contributed by atoms with van der Waals surface area (Å²) < 4.78 is 19.0. The van der Waals surface area contributed by atoms with Crippen LogP contribution in [-0.4, -0.2) is 68.1 Å². The van der Waals surface area contributed by atoms with Gasteiger partial charge < -0.3 is 19.9 Å². The zero-order valence-corrected chi connectivity index (χ0v) is 20.4. The topological polar surface area (TPSA) is 61.9 Å². The first-order valence-corrected chi connectivity index (χ1v) is 12.2. The van der Waals surface area contributed by atoms with Gasteiger partial charge in [0.1, 0.15) is 5.82 Å². The van der Waals surface area contributed by atoms with Crippen LogP contribution < -0.4 is 5.32 Å². The predicted molar refractivity (Wildman–Crippen MR) is 131 cm³/mol. The monoisotopic (exact) mass is 469 g/mol. The van der Waals surface area contributed by atoms with E-state index in [1.54, 1.807) is 30.2 Å². The van der Waals surface area contributed by atoms with Gasteiger partial charge in [-0.1, -0.05) is 44.2 Å². The summed E-state index contributed by atoms with van der Waals surface area (Å²) in [6.45, 7) is 8.26. The highest BCUT2D eigenvalue weighted by atomic mass is 19.1. The van der Waals surface area contributed by atoms with Gasteiger partial charge in [0.25, 0.3) is 5.91 Å². The first-order valence-electron chi connectivity index (χ1n) is 12.2. The van der Waals surface area contributed by atoms with E-state index in [1.165, 1.54) is 12.1 Å². The average Bonchev–Trinajstić information content (AvgIpc) is 2.84. The number of halogens is 1. The maximum Gasteiger partial charge on any atom is 0.254 e. The Hall–Kier alpha value is -2.77. The van der Waals surface area contributed by atoms with Gasteiger partial charge in [-0.3, -0.25) is 9.59 Å². The molecule has 34 heavy (non-hydrogen) atoms. The minimum absolute atomic E-state index is 0.135. The number of fused-ring (bicyclic) bond motifs is 1. The van der Waals surface area contributed by atoms with Crippen molar-refractivity contribution >= 4 is 11.8 Å². The quantitative estimate of drug-likeness (QED) is 0.511. The van der Waals surface area contributed by atoms with Crippen LogP contribution in [0, 0.1) is 5.82 Å². The van der Waals surface area contributed by atoms with Gasteiger partial charge in [-0.15, -0.1) is 0 Å². The highest BCUT2D eigenvalue weighted by molar-refractivity contribution is 6.01. The van der Waals surface area contributed by atoms with Crippen LogP contribution in [0.5, 0.6) is 0 Å². The van der Waals surface area contributed by atoms with Crippen molar-refractivity contribution < 1.29 is 18.7 Å². The molecule has 0 spiro atoms. The second-order valence-corrected chi connectivity index (χ2v) is 8.69. The number of nitrogens with zero attached hydrogens (tertiary/aromatic N) is 2. The van der Waals surface area contributed by atoms with Gasteiger partial charge in [0, 0.05) is 32.3 Å². The Morgan fingerprint density at radius 3 is 2.38 bits per heavy atom. The van der Waals surface area contributed by atoms with Gasteiger partial charge >= 0.3 is 0 Å². The molecule has 7 heteroatoms. The van der Waals surface area contributed by atoms with E-state index in [4.69, 9.17) is 4.74 Å². The van der Waals surface area contributed by atoms with Crippen LogP contribution in [0.4, 0.5) is 4.39 Å².